The number of carboxylic acid groups (broad SMARTS) is 1. The van der Waals surface area contributed by atoms with Gasteiger partial charge in [-0.05, 0) is 44.2 Å². The molecule has 3 rings (SSSR count). The van der Waals surface area contributed by atoms with Gasteiger partial charge in [0.1, 0.15) is 5.69 Å². The van der Waals surface area contributed by atoms with Crippen LogP contribution < -0.4 is 10.2 Å². The molecule has 0 spiro atoms. The molecule has 1 heterocycles. The largest absolute Gasteiger partial charge is 0.478 e. The summed E-state index contributed by atoms with van der Waals surface area (Å²) in [5, 5.41) is 23.5. The van der Waals surface area contributed by atoms with E-state index in [-0.39, 0.29) is 35.6 Å². The van der Waals surface area contributed by atoms with Gasteiger partial charge in [0.2, 0.25) is 0 Å². The lowest BCUT2D eigenvalue weighted by Gasteiger charge is -2.35. The molecule has 0 atom stereocenters. The minimum Gasteiger partial charge on any atom is -0.478 e. The monoisotopic (exact) mass is 442 g/mol. The molecule has 2 N–H and O–H groups in total. The minimum absolute atomic E-state index is 0.129. The SMILES string of the molecule is CC(C)OC(=O)CN1CCN(c2cccc(Nc3ccc(C(=O)O)cc3[N+](=O)[O-])c2)CC1. The number of hydrogen-bond donors (Lipinski definition) is 2. The van der Waals surface area contributed by atoms with Gasteiger partial charge in [0.25, 0.3) is 5.69 Å². The Morgan fingerprint density at radius 1 is 1.16 bits per heavy atom. The number of aromatic carboxylic acids is 1. The van der Waals surface area contributed by atoms with Crippen LogP contribution in [-0.4, -0.2) is 65.7 Å². The maximum absolute atomic E-state index is 11.9. The Bertz CT molecular complexity index is 1000. The Hall–Kier alpha value is -3.66. The molecule has 0 radical (unpaired) electrons. The van der Waals surface area contributed by atoms with Gasteiger partial charge in [-0.2, -0.15) is 0 Å². The number of ether oxygens (including phenoxy) is 1. The molecule has 2 aromatic rings. The first-order valence-electron chi connectivity index (χ1n) is 10.3. The summed E-state index contributed by atoms with van der Waals surface area (Å²) in [6.45, 7) is 6.80. The third-order valence-electron chi connectivity index (χ3n) is 5.02. The second-order valence-electron chi connectivity index (χ2n) is 7.77. The molecular weight excluding hydrogens is 416 g/mol. The van der Waals surface area contributed by atoms with E-state index in [1.165, 1.54) is 12.1 Å². The molecular formula is C22H26N4O6. The van der Waals surface area contributed by atoms with Crippen molar-refractivity contribution in [3.63, 3.8) is 0 Å². The number of nitrogens with one attached hydrogen (secondary N) is 1. The van der Waals surface area contributed by atoms with Crippen molar-refractivity contribution in [2.75, 3.05) is 42.9 Å². The average Bonchev–Trinajstić information content (AvgIpc) is 2.74. The third-order valence-corrected chi connectivity index (χ3v) is 5.02. The van der Waals surface area contributed by atoms with Crippen molar-refractivity contribution < 1.29 is 24.4 Å². The molecule has 0 bridgehead atoms. The zero-order chi connectivity index (χ0) is 23.3. The Balaban J connectivity index is 1.66. The van der Waals surface area contributed by atoms with Gasteiger partial charge in [0, 0.05) is 43.6 Å². The fraction of sp³-hybridized carbons (Fsp3) is 0.364. The number of carbonyl (C=O) groups is 2. The number of esters is 1. The molecule has 0 saturated carbocycles. The first-order valence-corrected chi connectivity index (χ1v) is 10.3. The molecule has 170 valence electrons. The minimum atomic E-state index is -1.22. The van der Waals surface area contributed by atoms with E-state index in [9.17, 15) is 19.7 Å². The summed E-state index contributed by atoms with van der Waals surface area (Å²) in [6, 6.07) is 11.2. The van der Waals surface area contributed by atoms with Crippen LogP contribution in [0.15, 0.2) is 42.5 Å². The van der Waals surface area contributed by atoms with Gasteiger partial charge in [0.15, 0.2) is 0 Å². The van der Waals surface area contributed by atoms with Crippen LogP contribution in [-0.2, 0) is 9.53 Å². The summed E-state index contributed by atoms with van der Waals surface area (Å²) < 4.78 is 5.20. The standard InChI is InChI=1S/C22H26N4O6/c1-15(2)32-21(27)14-24-8-10-25(11-9-24)18-5-3-4-17(13-18)23-19-7-6-16(22(28)29)12-20(19)26(30)31/h3-7,12-13,15,23H,8-11,14H2,1-2H3,(H,28,29). The van der Waals surface area contributed by atoms with Crippen LogP contribution in [0.1, 0.15) is 24.2 Å². The van der Waals surface area contributed by atoms with E-state index < -0.39 is 10.9 Å². The highest BCUT2D eigenvalue weighted by Crippen LogP contribution is 2.30. The van der Waals surface area contributed by atoms with Gasteiger partial charge in [-0.1, -0.05) is 6.07 Å². The molecule has 0 unspecified atom stereocenters. The second-order valence-corrected chi connectivity index (χ2v) is 7.77. The molecule has 1 aliphatic rings. The molecule has 0 aliphatic carbocycles. The van der Waals surface area contributed by atoms with Gasteiger partial charge >= 0.3 is 11.9 Å². The number of rotatable bonds is 8. The highest BCUT2D eigenvalue weighted by atomic mass is 16.6. The molecule has 10 nitrogen and oxygen atoms in total. The van der Waals surface area contributed by atoms with E-state index in [1.807, 2.05) is 32.0 Å². The topological polar surface area (TPSA) is 125 Å². The van der Waals surface area contributed by atoms with Crippen LogP contribution in [0.4, 0.5) is 22.7 Å². The van der Waals surface area contributed by atoms with Crippen LogP contribution in [0.2, 0.25) is 0 Å². The fourth-order valence-corrected chi connectivity index (χ4v) is 3.50. The highest BCUT2D eigenvalue weighted by molar-refractivity contribution is 5.90. The number of piperazine rings is 1. The van der Waals surface area contributed by atoms with Crippen molar-refractivity contribution in [2.45, 2.75) is 20.0 Å². The number of hydrogen-bond acceptors (Lipinski definition) is 8. The summed E-state index contributed by atoms with van der Waals surface area (Å²) in [6.07, 6.45) is -0.129. The summed E-state index contributed by atoms with van der Waals surface area (Å²) in [4.78, 5) is 38.0. The van der Waals surface area contributed by atoms with Crippen molar-refractivity contribution in [2.24, 2.45) is 0 Å². The zero-order valence-electron chi connectivity index (χ0n) is 18.0. The number of anilines is 3. The average molecular weight is 442 g/mol. The van der Waals surface area contributed by atoms with E-state index >= 15 is 0 Å². The van der Waals surface area contributed by atoms with Crippen LogP contribution in [0.3, 0.4) is 0 Å². The van der Waals surface area contributed by atoms with E-state index in [4.69, 9.17) is 9.84 Å². The van der Waals surface area contributed by atoms with Crippen LogP contribution in [0.5, 0.6) is 0 Å². The maximum atomic E-state index is 11.9. The van der Waals surface area contributed by atoms with Crippen molar-refractivity contribution in [3.8, 4) is 0 Å². The summed E-state index contributed by atoms with van der Waals surface area (Å²) in [5.41, 5.74) is 1.36. The molecule has 1 saturated heterocycles. The number of carboxylic acids is 1. The smallest absolute Gasteiger partial charge is 0.335 e. The lowest BCUT2D eigenvalue weighted by molar-refractivity contribution is -0.383. The normalized spacial score (nSPS) is 14.3. The summed E-state index contributed by atoms with van der Waals surface area (Å²) in [5.74, 6) is -1.45. The second kappa shape index (κ2) is 10.1. The molecule has 1 aliphatic heterocycles. The number of carbonyl (C=O) groups excluding carboxylic acids is 1. The lowest BCUT2D eigenvalue weighted by Crippen LogP contribution is -2.48. The highest BCUT2D eigenvalue weighted by Gasteiger charge is 2.21. The number of nitro groups is 1. The van der Waals surface area contributed by atoms with Crippen molar-refractivity contribution >= 4 is 34.7 Å². The van der Waals surface area contributed by atoms with Gasteiger partial charge < -0.3 is 20.1 Å². The number of benzene rings is 2. The van der Waals surface area contributed by atoms with Gasteiger partial charge in [-0.3, -0.25) is 19.8 Å². The Morgan fingerprint density at radius 3 is 2.50 bits per heavy atom. The molecule has 2 aromatic carbocycles. The third kappa shape index (κ3) is 5.94. The quantitative estimate of drug-likeness (QED) is 0.360. The van der Waals surface area contributed by atoms with Crippen molar-refractivity contribution in [1.82, 2.24) is 4.90 Å². The van der Waals surface area contributed by atoms with E-state index in [1.54, 1.807) is 6.07 Å². The van der Waals surface area contributed by atoms with Crippen LogP contribution >= 0.6 is 0 Å². The predicted octanol–water partition coefficient (Wildman–Crippen LogP) is 3.11. The van der Waals surface area contributed by atoms with Gasteiger partial charge in [-0.25, -0.2) is 4.79 Å². The van der Waals surface area contributed by atoms with E-state index in [2.05, 4.69) is 15.1 Å². The molecule has 1 fully saturated rings. The Labute approximate surface area is 185 Å². The van der Waals surface area contributed by atoms with Crippen molar-refractivity contribution in [1.29, 1.82) is 0 Å². The van der Waals surface area contributed by atoms with E-state index in [0.717, 1.165) is 24.8 Å². The first-order chi connectivity index (χ1) is 15.2. The zero-order valence-corrected chi connectivity index (χ0v) is 18.0. The van der Waals surface area contributed by atoms with Crippen LogP contribution in [0, 0.1) is 10.1 Å². The Kier molecular flexibility index (Phi) is 7.26. The number of nitrogens with zero attached hydrogens (tertiary/aromatic N) is 3. The molecule has 0 aromatic heterocycles. The maximum Gasteiger partial charge on any atom is 0.335 e. The Morgan fingerprint density at radius 2 is 1.88 bits per heavy atom. The summed E-state index contributed by atoms with van der Waals surface area (Å²) in [7, 11) is 0. The molecule has 32 heavy (non-hydrogen) atoms. The lowest BCUT2D eigenvalue weighted by atomic mass is 10.1. The van der Waals surface area contributed by atoms with Crippen molar-refractivity contribution in [3.05, 3.63) is 58.1 Å². The van der Waals surface area contributed by atoms with E-state index in [0.29, 0.717) is 18.8 Å². The fourth-order valence-electron chi connectivity index (χ4n) is 3.50. The van der Waals surface area contributed by atoms with Gasteiger partial charge in [0.05, 0.1) is 23.1 Å². The van der Waals surface area contributed by atoms with Gasteiger partial charge in [-0.15, -0.1) is 0 Å². The molecule has 10 heteroatoms. The first kappa shape index (κ1) is 23.0. The predicted molar refractivity (Wildman–Crippen MR) is 120 cm³/mol. The van der Waals surface area contributed by atoms with Crippen LogP contribution in [0.25, 0.3) is 0 Å². The number of nitro benzene ring substituents is 1. The molecule has 0 amide bonds. The summed E-state index contributed by atoms with van der Waals surface area (Å²) >= 11 is 0.